The minimum atomic E-state index is 0.586. The highest BCUT2D eigenvalue weighted by molar-refractivity contribution is 6.17. The van der Waals surface area contributed by atoms with Crippen LogP contribution in [-0.4, -0.2) is 0 Å². The van der Waals surface area contributed by atoms with E-state index in [0.29, 0.717) is 23.0 Å². The number of furan rings is 2. The van der Waals surface area contributed by atoms with Gasteiger partial charge in [-0.05, 0) is 82.7 Å². The van der Waals surface area contributed by atoms with Gasteiger partial charge < -0.3 is 28.1 Å². The maximum Gasteiger partial charge on any atom is 0.195 e. The molecule has 1 aliphatic rings. The Balaban J connectivity index is 0.980. The minimum absolute atomic E-state index is 0.586. The lowest BCUT2D eigenvalue weighted by atomic mass is 9.93. The number of para-hydroxylation sites is 8. The molecule has 0 atom stereocenters. The fourth-order valence-electron chi connectivity index (χ4n) is 11.3. The molecule has 0 fully saturated rings. The predicted octanol–water partition coefficient (Wildman–Crippen LogP) is 20.5. The van der Waals surface area contributed by atoms with Gasteiger partial charge in [-0.1, -0.05) is 206 Å². The number of fused-ring (bicyclic) bond motifs is 9. The Morgan fingerprint density at radius 3 is 1.26 bits per heavy atom. The molecule has 0 amide bonds. The van der Waals surface area contributed by atoms with Gasteiger partial charge in [-0.3, -0.25) is 0 Å². The van der Waals surface area contributed by atoms with Crippen LogP contribution in [-0.2, 0) is 0 Å². The molecule has 6 nitrogen and oxygen atoms in total. The lowest BCUT2D eigenvalue weighted by Gasteiger charge is -2.34. The molecule has 0 saturated carbocycles. The van der Waals surface area contributed by atoms with Crippen LogP contribution >= 0.6 is 0 Å². The molecule has 0 bridgehead atoms. The summed E-state index contributed by atoms with van der Waals surface area (Å²) < 4.78 is 28.2. The maximum atomic E-state index is 7.30. The van der Waals surface area contributed by atoms with Gasteiger partial charge in [0, 0.05) is 49.3 Å². The van der Waals surface area contributed by atoms with Gasteiger partial charge in [0.25, 0.3) is 0 Å². The lowest BCUT2D eigenvalue weighted by molar-refractivity contribution is 0.362. The normalized spacial score (nSPS) is 11.9. The monoisotopic (exact) mass is 976 g/mol. The molecule has 0 aliphatic carbocycles. The van der Waals surface area contributed by atoms with Crippen LogP contribution in [0.25, 0.3) is 88.0 Å². The first kappa shape index (κ1) is 43.3. The topological polar surface area (TPSA) is 51.2 Å². The number of hydrogen-bond acceptors (Lipinski definition) is 6. The third-order valence-corrected chi connectivity index (χ3v) is 14.7. The van der Waals surface area contributed by atoms with E-state index in [-0.39, 0.29) is 0 Å². The molecule has 15 rings (SSSR count). The van der Waals surface area contributed by atoms with Crippen LogP contribution in [0.1, 0.15) is 0 Å². The van der Waals surface area contributed by atoms with E-state index in [1.165, 1.54) is 0 Å². The second-order valence-electron chi connectivity index (χ2n) is 19.1. The third-order valence-electron chi connectivity index (χ3n) is 14.7. The fourth-order valence-corrected chi connectivity index (χ4v) is 11.3. The Morgan fingerprint density at radius 1 is 0.263 bits per heavy atom. The molecule has 0 radical (unpaired) electrons. The summed E-state index contributed by atoms with van der Waals surface area (Å²) in [5.41, 5.74) is 15.0. The summed E-state index contributed by atoms with van der Waals surface area (Å²) in [5, 5.41) is 6.15. The molecule has 1 aliphatic heterocycles. The summed E-state index contributed by atoms with van der Waals surface area (Å²) in [4.78, 5) is 4.64. The van der Waals surface area contributed by atoms with Crippen molar-refractivity contribution < 1.29 is 18.3 Å². The quantitative estimate of drug-likeness (QED) is 0.144. The molecule has 2 aromatic heterocycles. The maximum absolute atomic E-state index is 7.30. The molecule has 0 unspecified atom stereocenters. The highest BCUT2D eigenvalue weighted by Gasteiger charge is 2.35. The highest BCUT2D eigenvalue weighted by atomic mass is 16.6. The van der Waals surface area contributed by atoms with Crippen LogP contribution in [0.5, 0.6) is 23.0 Å². The zero-order chi connectivity index (χ0) is 50.1. The van der Waals surface area contributed by atoms with E-state index in [1.54, 1.807) is 0 Å². The van der Waals surface area contributed by atoms with Crippen LogP contribution in [0.15, 0.2) is 276 Å². The smallest absolute Gasteiger partial charge is 0.195 e. The molecule has 76 heavy (non-hydrogen) atoms. The zero-order valence-corrected chi connectivity index (χ0v) is 40.9. The molecule has 14 aromatic rings. The summed E-state index contributed by atoms with van der Waals surface area (Å²) in [6.07, 6.45) is 0. The van der Waals surface area contributed by atoms with Crippen LogP contribution in [0.2, 0.25) is 0 Å². The fraction of sp³-hybridized carbons (Fsp3) is 0. The Labute approximate surface area is 438 Å². The summed E-state index contributed by atoms with van der Waals surface area (Å²) in [5.74, 6) is 2.45. The molecular weight excluding hydrogens is 933 g/mol. The second kappa shape index (κ2) is 17.7. The number of hydrogen-bond donors (Lipinski definition) is 0. The Morgan fingerprint density at radius 2 is 0.684 bits per heavy atom. The van der Waals surface area contributed by atoms with Gasteiger partial charge >= 0.3 is 0 Å². The van der Waals surface area contributed by atoms with Gasteiger partial charge in [-0.2, -0.15) is 0 Å². The molecule has 0 N–H and O–H groups in total. The summed E-state index contributed by atoms with van der Waals surface area (Å²) >= 11 is 0. The van der Waals surface area contributed by atoms with Crippen molar-refractivity contribution in [2.24, 2.45) is 0 Å². The zero-order valence-electron chi connectivity index (χ0n) is 40.9. The minimum Gasteiger partial charge on any atom is -0.454 e. The average molecular weight is 977 g/mol. The van der Waals surface area contributed by atoms with Gasteiger partial charge in [0.1, 0.15) is 16.9 Å². The highest BCUT2D eigenvalue weighted by Crippen LogP contribution is 2.61. The van der Waals surface area contributed by atoms with E-state index in [0.717, 1.165) is 122 Å². The van der Waals surface area contributed by atoms with Gasteiger partial charge in [-0.15, -0.1) is 0 Å². The molecular formula is C70H44N2O4. The van der Waals surface area contributed by atoms with Crippen molar-refractivity contribution in [1.29, 1.82) is 0 Å². The van der Waals surface area contributed by atoms with Crippen molar-refractivity contribution in [1.82, 2.24) is 0 Å². The summed E-state index contributed by atoms with van der Waals surface area (Å²) in [7, 11) is 0. The van der Waals surface area contributed by atoms with Crippen LogP contribution in [0.4, 0.5) is 34.1 Å². The molecule has 0 saturated heterocycles. The first-order chi connectivity index (χ1) is 37.7. The number of anilines is 6. The van der Waals surface area contributed by atoms with Crippen LogP contribution in [0.3, 0.4) is 0 Å². The van der Waals surface area contributed by atoms with E-state index in [1.807, 2.05) is 48.5 Å². The molecule has 0 spiro atoms. The molecule has 6 heteroatoms. The molecule has 358 valence electrons. The SMILES string of the molecule is c1ccc(-c2ccccc2N(c2ccc(-c3c4c(c(N(c5ccccc5-c5ccccc5)c5cccc6c5oc5ccccc56)c5ccccc35)Oc3ccccc3O4)cc2)c2cccc3c2oc2ccccc23)cc1. The standard InChI is InChI=1S/C70H44N2O4/c1-3-21-45(22-4-1)49-25-9-13-33-57(49)71(59-35-19-31-55-51-27-11-15-37-61(51)73-67(55)59)48-43-41-47(42-44-48)65-53-29-7-8-30-54(53)66(70-69(65)75-63-39-17-18-40-64(63)76-70)72(58-34-14-10-26-50(58)46-23-5-2-6-24-46)60-36-20-32-56-52-28-12-16-38-62(52)74-68(56)60/h1-44H. The van der Waals surface area contributed by atoms with Crippen molar-refractivity contribution >= 4 is 88.8 Å². The van der Waals surface area contributed by atoms with E-state index in [2.05, 4.69) is 228 Å². The van der Waals surface area contributed by atoms with Crippen LogP contribution < -0.4 is 19.3 Å². The Bertz CT molecular complexity index is 4540. The van der Waals surface area contributed by atoms with E-state index in [4.69, 9.17) is 18.3 Å². The van der Waals surface area contributed by atoms with E-state index in [9.17, 15) is 0 Å². The van der Waals surface area contributed by atoms with Gasteiger partial charge in [0.05, 0.1) is 22.7 Å². The molecule has 12 aromatic carbocycles. The first-order valence-corrected chi connectivity index (χ1v) is 25.6. The van der Waals surface area contributed by atoms with E-state index < -0.39 is 0 Å². The predicted molar refractivity (Wildman–Crippen MR) is 311 cm³/mol. The van der Waals surface area contributed by atoms with Crippen molar-refractivity contribution in [3.8, 4) is 56.4 Å². The lowest BCUT2D eigenvalue weighted by Crippen LogP contribution is -2.15. The summed E-state index contributed by atoms with van der Waals surface area (Å²) in [6, 6.07) is 92.9. The first-order valence-electron chi connectivity index (χ1n) is 25.6. The number of benzene rings is 12. The van der Waals surface area contributed by atoms with E-state index >= 15 is 0 Å². The van der Waals surface area contributed by atoms with Crippen molar-refractivity contribution in [3.05, 3.63) is 267 Å². The Hall–Kier alpha value is -10.3. The second-order valence-corrected chi connectivity index (χ2v) is 19.1. The molecule has 3 heterocycles. The number of rotatable bonds is 9. The largest absolute Gasteiger partial charge is 0.454 e. The average Bonchev–Trinajstić information content (AvgIpc) is 4.08. The number of ether oxygens (including phenoxy) is 2. The van der Waals surface area contributed by atoms with Gasteiger partial charge in [0.2, 0.25) is 0 Å². The van der Waals surface area contributed by atoms with Crippen molar-refractivity contribution in [3.63, 3.8) is 0 Å². The van der Waals surface area contributed by atoms with Crippen molar-refractivity contribution in [2.45, 2.75) is 0 Å². The van der Waals surface area contributed by atoms with Crippen molar-refractivity contribution in [2.75, 3.05) is 9.80 Å². The third kappa shape index (κ3) is 6.96. The van der Waals surface area contributed by atoms with Gasteiger partial charge in [0.15, 0.2) is 34.2 Å². The summed E-state index contributed by atoms with van der Waals surface area (Å²) in [6.45, 7) is 0. The van der Waals surface area contributed by atoms with Crippen LogP contribution in [0, 0.1) is 0 Å². The number of nitrogens with zero attached hydrogens (tertiary/aromatic N) is 2. The van der Waals surface area contributed by atoms with Gasteiger partial charge in [-0.25, -0.2) is 0 Å². The Kier molecular flexibility index (Phi) is 10.1.